The first-order valence-electron chi connectivity index (χ1n) is 4.53. The number of rotatable bonds is 2. The second kappa shape index (κ2) is 2.69. The molecule has 0 radical (unpaired) electrons. The first kappa shape index (κ1) is 8.48. The zero-order chi connectivity index (χ0) is 9.59. The Morgan fingerprint density at radius 3 is 2.15 bits per heavy atom. The highest BCUT2D eigenvalue weighted by molar-refractivity contribution is 5.86. The SMILES string of the molecule is CC(=O)[C@@H]1[C@H](C(=O)O)[C@@H]2C=C[C@H]1C2. The number of carboxylic acids is 1. The summed E-state index contributed by atoms with van der Waals surface area (Å²) < 4.78 is 0. The first-order chi connectivity index (χ1) is 6.11. The van der Waals surface area contributed by atoms with Gasteiger partial charge in [-0.3, -0.25) is 9.59 Å². The van der Waals surface area contributed by atoms with Gasteiger partial charge in [0.25, 0.3) is 0 Å². The average molecular weight is 180 g/mol. The maximum Gasteiger partial charge on any atom is 0.307 e. The number of hydrogen-bond donors (Lipinski definition) is 1. The molecule has 2 bridgehead atoms. The average Bonchev–Trinajstić information content (AvgIpc) is 2.60. The molecule has 4 atom stereocenters. The molecule has 0 unspecified atom stereocenters. The van der Waals surface area contributed by atoms with Gasteiger partial charge in [0.05, 0.1) is 5.92 Å². The lowest BCUT2D eigenvalue weighted by molar-refractivity contribution is -0.147. The molecule has 0 aromatic carbocycles. The normalized spacial score (nSPS) is 41.0. The maximum absolute atomic E-state index is 11.3. The predicted molar refractivity (Wildman–Crippen MR) is 46.0 cm³/mol. The molecule has 1 fully saturated rings. The Morgan fingerprint density at radius 2 is 1.77 bits per heavy atom. The van der Waals surface area contributed by atoms with Crippen molar-refractivity contribution in [3.8, 4) is 0 Å². The summed E-state index contributed by atoms with van der Waals surface area (Å²) in [7, 11) is 0. The van der Waals surface area contributed by atoms with E-state index in [4.69, 9.17) is 5.11 Å². The quantitative estimate of drug-likeness (QED) is 0.647. The molecular weight excluding hydrogens is 168 g/mol. The van der Waals surface area contributed by atoms with Gasteiger partial charge in [0, 0.05) is 5.92 Å². The number of fused-ring (bicyclic) bond motifs is 2. The molecule has 0 amide bonds. The van der Waals surface area contributed by atoms with Crippen LogP contribution in [-0.4, -0.2) is 16.9 Å². The summed E-state index contributed by atoms with van der Waals surface area (Å²) in [6.07, 6.45) is 4.79. The van der Waals surface area contributed by atoms with Crippen LogP contribution in [0.3, 0.4) is 0 Å². The number of carboxylic acid groups (broad SMARTS) is 1. The minimum Gasteiger partial charge on any atom is -0.481 e. The Bertz CT molecular complexity index is 265. The Labute approximate surface area is 76.4 Å². The van der Waals surface area contributed by atoms with Gasteiger partial charge in [-0.1, -0.05) is 12.2 Å². The number of hydrogen-bond acceptors (Lipinski definition) is 2. The zero-order valence-electron chi connectivity index (χ0n) is 7.43. The van der Waals surface area contributed by atoms with Crippen molar-refractivity contribution in [1.82, 2.24) is 0 Å². The summed E-state index contributed by atoms with van der Waals surface area (Å²) in [6, 6.07) is 0. The molecule has 2 aliphatic carbocycles. The van der Waals surface area contributed by atoms with Crippen LogP contribution < -0.4 is 0 Å². The van der Waals surface area contributed by atoms with Gasteiger partial charge in [-0.15, -0.1) is 0 Å². The van der Waals surface area contributed by atoms with Crippen LogP contribution in [0, 0.1) is 23.7 Å². The molecule has 0 saturated heterocycles. The van der Waals surface area contributed by atoms with Gasteiger partial charge in [0.15, 0.2) is 0 Å². The van der Waals surface area contributed by atoms with Crippen LogP contribution in [0.15, 0.2) is 12.2 Å². The van der Waals surface area contributed by atoms with Crippen LogP contribution in [0.4, 0.5) is 0 Å². The number of allylic oxidation sites excluding steroid dienone is 2. The summed E-state index contributed by atoms with van der Waals surface area (Å²) >= 11 is 0. The summed E-state index contributed by atoms with van der Waals surface area (Å²) in [5.74, 6) is -1.26. The van der Waals surface area contributed by atoms with E-state index in [9.17, 15) is 9.59 Å². The molecule has 0 spiro atoms. The lowest BCUT2D eigenvalue weighted by Crippen LogP contribution is -2.31. The minimum atomic E-state index is -0.822. The second-order valence-corrected chi connectivity index (χ2v) is 3.95. The van der Waals surface area contributed by atoms with Crippen molar-refractivity contribution in [1.29, 1.82) is 0 Å². The van der Waals surface area contributed by atoms with Gasteiger partial charge in [-0.25, -0.2) is 0 Å². The van der Waals surface area contributed by atoms with E-state index >= 15 is 0 Å². The molecule has 0 aromatic heterocycles. The second-order valence-electron chi connectivity index (χ2n) is 3.95. The van der Waals surface area contributed by atoms with Gasteiger partial charge in [-0.05, 0) is 25.2 Å². The third-order valence-corrected chi connectivity index (χ3v) is 3.21. The van der Waals surface area contributed by atoms with Crippen molar-refractivity contribution in [2.24, 2.45) is 23.7 Å². The highest BCUT2D eigenvalue weighted by Crippen LogP contribution is 2.48. The van der Waals surface area contributed by atoms with E-state index in [0.29, 0.717) is 0 Å². The van der Waals surface area contributed by atoms with Crippen molar-refractivity contribution < 1.29 is 14.7 Å². The lowest BCUT2D eigenvalue weighted by Gasteiger charge is -2.21. The van der Waals surface area contributed by atoms with Gasteiger partial charge in [-0.2, -0.15) is 0 Å². The minimum absolute atomic E-state index is 0.0178. The van der Waals surface area contributed by atoms with Crippen molar-refractivity contribution >= 4 is 11.8 Å². The summed E-state index contributed by atoms with van der Waals surface area (Å²) in [5.41, 5.74) is 0. The topological polar surface area (TPSA) is 54.4 Å². The molecule has 2 aliphatic rings. The number of aliphatic carboxylic acids is 1. The van der Waals surface area contributed by atoms with Crippen LogP contribution in [-0.2, 0) is 9.59 Å². The third kappa shape index (κ3) is 1.10. The van der Waals surface area contributed by atoms with E-state index in [0.717, 1.165) is 6.42 Å². The summed E-state index contributed by atoms with van der Waals surface area (Å²) in [5, 5.41) is 8.97. The van der Waals surface area contributed by atoms with E-state index in [-0.39, 0.29) is 23.5 Å². The van der Waals surface area contributed by atoms with Gasteiger partial charge >= 0.3 is 5.97 Å². The van der Waals surface area contributed by atoms with Gasteiger partial charge < -0.3 is 5.11 Å². The third-order valence-electron chi connectivity index (χ3n) is 3.21. The van der Waals surface area contributed by atoms with Crippen LogP contribution in [0.5, 0.6) is 0 Å². The monoisotopic (exact) mass is 180 g/mol. The zero-order valence-corrected chi connectivity index (χ0v) is 7.43. The van der Waals surface area contributed by atoms with Crippen LogP contribution in [0.1, 0.15) is 13.3 Å². The molecule has 13 heavy (non-hydrogen) atoms. The Kier molecular flexibility index (Phi) is 1.75. The fourth-order valence-electron chi connectivity index (χ4n) is 2.71. The molecule has 1 saturated carbocycles. The first-order valence-corrected chi connectivity index (χ1v) is 4.53. The highest BCUT2D eigenvalue weighted by Gasteiger charge is 2.50. The van der Waals surface area contributed by atoms with E-state index in [1.54, 1.807) is 0 Å². The molecule has 0 aliphatic heterocycles. The number of Topliss-reactive ketones (excluding diaryl/α,β-unsaturated/α-hetero) is 1. The Balaban J connectivity index is 2.30. The summed E-state index contributed by atoms with van der Waals surface area (Å²) in [6.45, 7) is 1.50. The Morgan fingerprint density at radius 1 is 1.23 bits per heavy atom. The number of carbonyl (C=O) groups excluding carboxylic acids is 1. The smallest absolute Gasteiger partial charge is 0.307 e. The largest absolute Gasteiger partial charge is 0.481 e. The van der Waals surface area contributed by atoms with Crippen molar-refractivity contribution in [2.75, 3.05) is 0 Å². The number of carbonyl (C=O) groups is 2. The van der Waals surface area contributed by atoms with Gasteiger partial charge in [0.1, 0.15) is 5.78 Å². The van der Waals surface area contributed by atoms with Crippen molar-refractivity contribution in [3.05, 3.63) is 12.2 Å². The molecular formula is C10H12O3. The standard InChI is InChI=1S/C10H12O3/c1-5(11)8-6-2-3-7(4-6)9(8)10(12)13/h2-3,6-9H,4H2,1H3,(H,12,13)/t6-,7+,8-,9+/m0/s1. The van der Waals surface area contributed by atoms with Gasteiger partial charge in [0.2, 0.25) is 0 Å². The molecule has 0 aromatic rings. The van der Waals surface area contributed by atoms with Crippen molar-refractivity contribution in [3.63, 3.8) is 0 Å². The maximum atomic E-state index is 11.3. The van der Waals surface area contributed by atoms with Crippen LogP contribution in [0.25, 0.3) is 0 Å². The lowest BCUT2D eigenvalue weighted by atomic mass is 9.81. The Hall–Kier alpha value is -1.12. The van der Waals surface area contributed by atoms with Crippen LogP contribution >= 0.6 is 0 Å². The van der Waals surface area contributed by atoms with E-state index < -0.39 is 11.9 Å². The van der Waals surface area contributed by atoms with Crippen LogP contribution in [0.2, 0.25) is 0 Å². The number of ketones is 1. The molecule has 70 valence electrons. The fourth-order valence-corrected chi connectivity index (χ4v) is 2.71. The molecule has 3 heteroatoms. The molecule has 3 nitrogen and oxygen atoms in total. The van der Waals surface area contributed by atoms with E-state index in [2.05, 4.69) is 0 Å². The molecule has 0 heterocycles. The summed E-state index contributed by atoms with van der Waals surface area (Å²) in [4.78, 5) is 22.2. The fraction of sp³-hybridized carbons (Fsp3) is 0.600. The molecule has 2 rings (SSSR count). The van der Waals surface area contributed by atoms with Crippen molar-refractivity contribution in [2.45, 2.75) is 13.3 Å². The predicted octanol–water partition coefficient (Wildman–Crippen LogP) is 1.10. The van der Waals surface area contributed by atoms with E-state index in [1.807, 2.05) is 12.2 Å². The highest BCUT2D eigenvalue weighted by atomic mass is 16.4. The van der Waals surface area contributed by atoms with E-state index in [1.165, 1.54) is 6.92 Å². The molecule has 1 N–H and O–H groups in total.